The second-order valence-electron chi connectivity index (χ2n) is 9.20. The molecule has 156 valence electrons. The highest BCUT2D eigenvalue weighted by atomic mass is 14.8. The molecule has 0 saturated heterocycles. The molecule has 0 spiro atoms. The summed E-state index contributed by atoms with van der Waals surface area (Å²) in [6, 6.07) is 13.1. The maximum absolute atomic E-state index is 5.03. The third kappa shape index (κ3) is 5.65. The Bertz CT molecular complexity index is 831. The zero-order chi connectivity index (χ0) is 21.7. The summed E-state index contributed by atoms with van der Waals surface area (Å²) in [5, 5.41) is 0. The van der Waals surface area contributed by atoms with Gasteiger partial charge in [-0.25, -0.2) is 0 Å². The first-order valence-electron chi connectivity index (χ1n) is 11.0. The molecule has 2 heteroatoms. The van der Waals surface area contributed by atoms with E-state index in [2.05, 4.69) is 98.7 Å². The van der Waals surface area contributed by atoms with Crippen LogP contribution in [0, 0.1) is 0 Å². The monoisotopic (exact) mass is 390 g/mol. The summed E-state index contributed by atoms with van der Waals surface area (Å²) in [6.45, 7) is 19.9. The van der Waals surface area contributed by atoms with Crippen molar-refractivity contribution in [1.82, 2.24) is 0 Å². The van der Waals surface area contributed by atoms with Crippen LogP contribution in [-0.4, -0.2) is 11.9 Å². The average molecular weight is 391 g/mol. The molecule has 0 heterocycles. The van der Waals surface area contributed by atoms with Gasteiger partial charge in [0.1, 0.15) is 0 Å². The molecule has 0 bridgehead atoms. The summed E-state index contributed by atoms with van der Waals surface area (Å²) in [5.74, 6) is 1.75. The minimum atomic E-state index is 0.436. The molecule has 0 radical (unpaired) electrons. The molecule has 2 aromatic carbocycles. The van der Waals surface area contributed by atoms with Crippen molar-refractivity contribution >= 4 is 23.3 Å². The van der Waals surface area contributed by atoms with Crippen molar-refractivity contribution in [2.24, 2.45) is 9.98 Å². The Hall–Kier alpha value is -2.22. The lowest BCUT2D eigenvalue weighted by atomic mass is 9.93. The molecule has 0 aromatic heterocycles. The number of aliphatic imine (C=N–C) groups is 2. The first-order chi connectivity index (χ1) is 13.6. The second-order valence-corrected chi connectivity index (χ2v) is 9.20. The minimum absolute atomic E-state index is 0.436. The fourth-order valence-corrected chi connectivity index (χ4v) is 3.66. The normalized spacial score (nSPS) is 12.9. The smallest absolute Gasteiger partial charge is 0.0702 e. The molecule has 0 amide bonds. The summed E-state index contributed by atoms with van der Waals surface area (Å²) in [4.78, 5) is 9.97. The number of nitrogens with zero attached hydrogens (tertiary/aromatic N) is 2. The zero-order valence-electron chi connectivity index (χ0n) is 19.7. The molecule has 0 unspecified atom stereocenters. The van der Waals surface area contributed by atoms with Gasteiger partial charge in [0.05, 0.1) is 17.1 Å². The van der Waals surface area contributed by atoms with Crippen LogP contribution in [0.1, 0.15) is 108 Å². The molecule has 0 saturated carbocycles. The Labute approximate surface area is 178 Å². The van der Waals surface area contributed by atoms with Crippen LogP contribution < -0.4 is 0 Å². The molecule has 0 aliphatic heterocycles. The van der Waals surface area contributed by atoms with Crippen molar-refractivity contribution in [3.63, 3.8) is 0 Å². The minimum Gasteiger partial charge on any atom is -0.254 e. The van der Waals surface area contributed by atoms with Gasteiger partial charge in [-0.1, -0.05) is 91.8 Å². The molecule has 0 aliphatic rings. The van der Waals surface area contributed by atoms with E-state index in [1.54, 1.807) is 0 Å². The topological polar surface area (TPSA) is 24.7 Å². The highest BCUT2D eigenvalue weighted by molar-refractivity contribution is 6.30. The van der Waals surface area contributed by atoms with Crippen molar-refractivity contribution in [3.8, 4) is 0 Å². The second kappa shape index (κ2) is 10.0. The lowest BCUT2D eigenvalue weighted by molar-refractivity contribution is 0.834. The maximum Gasteiger partial charge on any atom is 0.0702 e. The van der Waals surface area contributed by atoms with E-state index in [0.29, 0.717) is 23.7 Å². The van der Waals surface area contributed by atoms with Gasteiger partial charge in [-0.2, -0.15) is 0 Å². The van der Waals surface area contributed by atoms with Crippen molar-refractivity contribution in [2.45, 2.75) is 86.0 Å². The highest BCUT2D eigenvalue weighted by Gasteiger charge is 2.14. The van der Waals surface area contributed by atoms with E-state index < -0.39 is 0 Å². The molecule has 0 atom stereocenters. The van der Waals surface area contributed by atoms with Crippen LogP contribution in [-0.2, 0) is 0 Å². The summed E-state index contributed by atoms with van der Waals surface area (Å²) in [6.07, 6.45) is 1.94. The molecular formula is C27H38N2. The molecule has 2 aromatic rings. The largest absolute Gasteiger partial charge is 0.254 e. The summed E-state index contributed by atoms with van der Waals surface area (Å²) >= 11 is 0. The molecule has 2 nitrogen and oxygen atoms in total. The van der Waals surface area contributed by atoms with Crippen LogP contribution in [0.4, 0.5) is 11.4 Å². The number of hydrogen-bond donors (Lipinski definition) is 0. The Morgan fingerprint density at radius 1 is 0.621 bits per heavy atom. The van der Waals surface area contributed by atoms with Gasteiger partial charge >= 0.3 is 0 Å². The third-order valence-electron chi connectivity index (χ3n) is 5.35. The Morgan fingerprint density at radius 2 is 0.966 bits per heavy atom. The first-order valence-corrected chi connectivity index (χ1v) is 11.0. The Balaban J connectivity index is 2.53. The molecule has 2 rings (SSSR count). The summed E-state index contributed by atoms with van der Waals surface area (Å²) in [5.41, 5.74) is 8.35. The van der Waals surface area contributed by atoms with E-state index in [1.165, 1.54) is 22.3 Å². The van der Waals surface area contributed by atoms with Crippen molar-refractivity contribution in [1.29, 1.82) is 0 Å². The fraction of sp³-hybridized carbons (Fsp3) is 0.481. The van der Waals surface area contributed by atoms with E-state index in [-0.39, 0.29) is 0 Å². The van der Waals surface area contributed by atoms with E-state index in [4.69, 9.17) is 9.98 Å². The van der Waals surface area contributed by atoms with Crippen LogP contribution in [0.15, 0.2) is 46.4 Å². The lowest BCUT2D eigenvalue weighted by Crippen LogP contribution is -2.00. The van der Waals surface area contributed by atoms with Gasteiger partial charge < -0.3 is 0 Å². The van der Waals surface area contributed by atoms with Gasteiger partial charge in [-0.05, 0) is 52.8 Å². The predicted molar refractivity (Wildman–Crippen MR) is 130 cm³/mol. The SMILES string of the molecule is CC(C=Nc1c(C(C)C)cccc1C(C)C)=Nc1c(C(C)C)cccc1C(C)C. The van der Waals surface area contributed by atoms with Crippen LogP contribution >= 0.6 is 0 Å². The summed E-state index contributed by atoms with van der Waals surface area (Å²) < 4.78 is 0. The van der Waals surface area contributed by atoms with Gasteiger partial charge in [0.25, 0.3) is 0 Å². The lowest BCUT2D eigenvalue weighted by Gasteiger charge is -2.17. The van der Waals surface area contributed by atoms with E-state index >= 15 is 0 Å². The third-order valence-corrected chi connectivity index (χ3v) is 5.35. The van der Waals surface area contributed by atoms with Crippen molar-refractivity contribution in [3.05, 3.63) is 58.7 Å². The van der Waals surface area contributed by atoms with Gasteiger partial charge in [-0.3, -0.25) is 9.98 Å². The van der Waals surface area contributed by atoms with Gasteiger partial charge in [0.2, 0.25) is 0 Å². The van der Waals surface area contributed by atoms with E-state index in [9.17, 15) is 0 Å². The van der Waals surface area contributed by atoms with Crippen LogP contribution in [0.25, 0.3) is 0 Å². The first kappa shape index (κ1) is 23.1. The van der Waals surface area contributed by atoms with Gasteiger partial charge in [0.15, 0.2) is 0 Å². The molecule has 0 N–H and O–H groups in total. The fourth-order valence-electron chi connectivity index (χ4n) is 3.66. The van der Waals surface area contributed by atoms with E-state index in [1.807, 2.05) is 6.21 Å². The standard InChI is InChI=1S/C27H38N2/c1-17(2)22-12-10-13-23(18(3)4)26(22)28-16-21(9)29-27-24(19(5)6)14-11-15-25(27)20(7)8/h10-20H,1-9H3. The zero-order valence-corrected chi connectivity index (χ0v) is 19.7. The number of hydrogen-bond acceptors (Lipinski definition) is 2. The van der Waals surface area contributed by atoms with E-state index in [0.717, 1.165) is 17.1 Å². The average Bonchev–Trinajstić information content (AvgIpc) is 2.65. The van der Waals surface area contributed by atoms with Gasteiger partial charge in [0, 0.05) is 6.21 Å². The van der Waals surface area contributed by atoms with Gasteiger partial charge in [-0.15, -0.1) is 0 Å². The summed E-state index contributed by atoms with van der Waals surface area (Å²) in [7, 11) is 0. The van der Waals surface area contributed by atoms with Crippen molar-refractivity contribution in [2.75, 3.05) is 0 Å². The number of rotatable bonds is 7. The molecule has 0 fully saturated rings. The molecular weight excluding hydrogens is 352 g/mol. The predicted octanol–water partition coefficient (Wildman–Crippen LogP) is 8.68. The number of para-hydroxylation sites is 2. The van der Waals surface area contributed by atoms with Crippen molar-refractivity contribution < 1.29 is 0 Å². The molecule has 0 aliphatic carbocycles. The molecule has 29 heavy (non-hydrogen) atoms. The van der Waals surface area contributed by atoms with Crippen LogP contribution in [0.5, 0.6) is 0 Å². The number of benzene rings is 2. The Kier molecular flexibility index (Phi) is 7.96. The van der Waals surface area contributed by atoms with Crippen LogP contribution in [0.3, 0.4) is 0 Å². The van der Waals surface area contributed by atoms with Crippen LogP contribution in [0.2, 0.25) is 0 Å². The highest BCUT2D eigenvalue weighted by Crippen LogP contribution is 2.36. The maximum atomic E-state index is 5.03. The Morgan fingerprint density at radius 3 is 1.31 bits per heavy atom. The quantitative estimate of drug-likeness (QED) is 0.422.